The van der Waals surface area contributed by atoms with E-state index in [2.05, 4.69) is 0 Å². The van der Waals surface area contributed by atoms with Crippen molar-refractivity contribution in [2.45, 2.75) is 13.3 Å². The van der Waals surface area contributed by atoms with Gasteiger partial charge in [0.05, 0.1) is 0 Å². The smallest absolute Gasteiger partial charge is 0.221 e. The van der Waals surface area contributed by atoms with E-state index in [0.29, 0.717) is 0 Å². The van der Waals surface area contributed by atoms with E-state index in [1.807, 2.05) is 31.2 Å². The predicted octanol–water partition coefficient (Wildman–Crippen LogP) is 1.47. The van der Waals surface area contributed by atoms with Gasteiger partial charge in [-0.15, -0.1) is 0 Å². The maximum atomic E-state index is 10.5. The lowest BCUT2D eigenvalue weighted by Crippen LogP contribution is -2.07. The molecule has 0 radical (unpaired) electrons. The molecule has 0 heterocycles. The zero-order valence-corrected chi connectivity index (χ0v) is 8.16. The fourth-order valence-corrected chi connectivity index (χ4v) is 1.15. The van der Waals surface area contributed by atoms with Crippen LogP contribution in [0.3, 0.4) is 0 Å². The highest BCUT2D eigenvalue weighted by Crippen LogP contribution is 2.17. The Kier molecular flexibility index (Phi) is 3.29. The molecule has 1 aromatic carbocycles. The summed E-state index contributed by atoms with van der Waals surface area (Å²) in [6.45, 7) is 1.95. The van der Waals surface area contributed by atoms with E-state index >= 15 is 0 Å². The van der Waals surface area contributed by atoms with Crippen molar-refractivity contribution in [3.05, 3.63) is 35.4 Å². The van der Waals surface area contributed by atoms with Gasteiger partial charge < -0.3 is 11.5 Å². The third kappa shape index (κ3) is 2.62. The van der Waals surface area contributed by atoms with Gasteiger partial charge in [0.25, 0.3) is 0 Å². The molecule has 0 aromatic heterocycles. The van der Waals surface area contributed by atoms with E-state index in [1.54, 1.807) is 6.08 Å². The van der Waals surface area contributed by atoms with Crippen molar-refractivity contribution in [3.63, 3.8) is 0 Å². The van der Waals surface area contributed by atoms with Gasteiger partial charge >= 0.3 is 0 Å². The van der Waals surface area contributed by atoms with Crippen LogP contribution < -0.4 is 11.5 Å². The number of carbonyl (C=O) groups excluding carboxylic acids is 1. The Labute approximate surface area is 83.4 Å². The van der Waals surface area contributed by atoms with Crippen molar-refractivity contribution in [1.82, 2.24) is 0 Å². The Morgan fingerprint density at radius 1 is 1.50 bits per heavy atom. The number of hydrogen-bond acceptors (Lipinski definition) is 2. The third-order valence-corrected chi connectivity index (χ3v) is 1.97. The van der Waals surface area contributed by atoms with Crippen LogP contribution in [0.15, 0.2) is 24.3 Å². The minimum atomic E-state index is -0.340. The van der Waals surface area contributed by atoms with Crippen LogP contribution in [0, 0.1) is 6.92 Å². The Bertz CT molecular complexity index is 370. The van der Waals surface area contributed by atoms with Gasteiger partial charge in [-0.3, -0.25) is 4.79 Å². The number of nitrogen functional groups attached to an aromatic ring is 1. The molecule has 0 unspecified atom stereocenters. The molecule has 0 fully saturated rings. The quantitative estimate of drug-likeness (QED) is 0.708. The third-order valence-electron chi connectivity index (χ3n) is 1.97. The van der Waals surface area contributed by atoms with Crippen LogP contribution in [0.4, 0.5) is 5.69 Å². The van der Waals surface area contributed by atoms with Gasteiger partial charge in [-0.05, 0) is 18.1 Å². The van der Waals surface area contributed by atoms with Crippen molar-refractivity contribution in [2.24, 2.45) is 5.73 Å². The fourth-order valence-electron chi connectivity index (χ4n) is 1.15. The fraction of sp³-hybridized carbons (Fsp3) is 0.182. The minimum absolute atomic E-state index is 0.243. The monoisotopic (exact) mass is 190 g/mol. The van der Waals surface area contributed by atoms with Crippen LogP contribution in [-0.4, -0.2) is 5.91 Å². The number of hydrogen-bond donors (Lipinski definition) is 2. The normalized spacial score (nSPS) is 10.6. The summed E-state index contributed by atoms with van der Waals surface area (Å²) in [4.78, 5) is 10.5. The molecule has 0 saturated carbocycles. The largest absolute Gasteiger partial charge is 0.398 e. The van der Waals surface area contributed by atoms with Crippen LogP contribution in [0.2, 0.25) is 0 Å². The second-order valence-corrected chi connectivity index (χ2v) is 3.15. The number of benzene rings is 1. The van der Waals surface area contributed by atoms with Gasteiger partial charge in [-0.1, -0.05) is 30.4 Å². The zero-order valence-electron chi connectivity index (χ0n) is 8.16. The molecule has 0 spiro atoms. The maximum absolute atomic E-state index is 10.5. The standard InChI is InChI=1S/C11H14N2O/c1-8-4-2-5-9(11(8)13)6-3-7-10(12)14/h2-6H,7,13H2,1H3,(H2,12,14). The summed E-state index contributed by atoms with van der Waals surface area (Å²) >= 11 is 0. The highest BCUT2D eigenvalue weighted by molar-refractivity contribution is 5.77. The first-order valence-electron chi connectivity index (χ1n) is 4.41. The summed E-state index contributed by atoms with van der Waals surface area (Å²) in [7, 11) is 0. The number of nitrogens with two attached hydrogens (primary N) is 2. The highest BCUT2D eigenvalue weighted by Gasteiger charge is 1.97. The first-order valence-corrected chi connectivity index (χ1v) is 4.41. The number of amides is 1. The minimum Gasteiger partial charge on any atom is -0.398 e. The molecule has 0 saturated heterocycles. The number of anilines is 1. The molecule has 1 aromatic rings. The van der Waals surface area contributed by atoms with E-state index in [0.717, 1.165) is 16.8 Å². The SMILES string of the molecule is Cc1cccc(C=CCC(N)=O)c1N. The molecule has 74 valence electrons. The molecule has 1 amide bonds. The molecule has 0 atom stereocenters. The van der Waals surface area contributed by atoms with Gasteiger partial charge in [-0.25, -0.2) is 0 Å². The molecule has 1 rings (SSSR count). The molecular weight excluding hydrogens is 176 g/mol. The second-order valence-electron chi connectivity index (χ2n) is 3.15. The summed E-state index contributed by atoms with van der Waals surface area (Å²) in [5.74, 6) is -0.340. The highest BCUT2D eigenvalue weighted by atomic mass is 16.1. The Hall–Kier alpha value is -1.77. The van der Waals surface area contributed by atoms with Gasteiger partial charge in [0.2, 0.25) is 5.91 Å². The van der Waals surface area contributed by atoms with Gasteiger partial charge in [0, 0.05) is 12.1 Å². The lowest BCUT2D eigenvalue weighted by atomic mass is 10.1. The van der Waals surface area contributed by atoms with Crippen LogP contribution in [-0.2, 0) is 4.79 Å². The predicted molar refractivity (Wildman–Crippen MR) is 58.4 cm³/mol. The average molecular weight is 190 g/mol. The van der Waals surface area contributed by atoms with Gasteiger partial charge in [0.1, 0.15) is 0 Å². The number of primary amides is 1. The Morgan fingerprint density at radius 2 is 2.21 bits per heavy atom. The molecule has 4 N–H and O–H groups in total. The molecule has 0 aliphatic rings. The summed E-state index contributed by atoms with van der Waals surface area (Å²) in [5.41, 5.74) is 13.5. The Morgan fingerprint density at radius 3 is 2.86 bits per heavy atom. The first-order chi connectivity index (χ1) is 6.61. The van der Waals surface area contributed by atoms with E-state index in [9.17, 15) is 4.79 Å². The van der Waals surface area contributed by atoms with Crippen molar-refractivity contribution in [2.75, 3.05) is 5.73 Å². The molecular formula is C11H14N2O. The van der Waals surface area contributed by atoms with E-state index in [1.165, 1.54) is 0 Å². The number of rotatable bonds is 3. The van der Waals surface area contributed by atoms with Crippen LogP contribution >= 0.6 is 0 Å². The molecule has 0 aliphatic carbocycles. The van der Waals surface area contributed by atoms with E-state index in [-0.39, 0.29) is 12.3 Å². The van der Waals surface area contributed by atoms with Gasteiger partial charge in [-0.2, -0.15) is 0 Å². The molecule has 3 heteroatoms. The van der Waals surface area contributed by atoms with Crippen molar-refractivity contribution >= 4 is 17.7 Å². The van der Waals surface area contributed by atoms with Crippen molar-refractivity contribution in [3.8, 4) is 0 Å². The summed E-state index contributed by atoms with van der Waals surface area (Å²) in [6.07, 6.45) is 3.77. The number of aryl methyl sites for hydroxylation is 1. The van der Waals surface area contributed by atoms with Crippen molar-refractivity contribution < 1.29 is 4.79 Å². The first kappa shape index (κ1) is 10.3. The second kappa shape index (κ2) is 4.46. The lowest BCUT2D eigenvalue weighted by molar-refractivity contribution is -0.117. The Balaban J connectivity index is 2.81. The zero-order chi connectivity index (χ0) is 10.6. The maximum Gasteiger partial charge on any atom is 0.221 e. The summed E-state index contributed by atoms with van der Waals surface area (Å²) in [5, 5.41) is 0. The average Bonchev–Trinajstić information content (AvgIpc) is 2.12. The van der Waals surface area contributed by atoms with E-state index < -0.39 is 0 Å². The van der Waals surface area contributed by atoms with Crippen LogP contribution in [0.1, 0.15) is 17.5 Å². The molecule has 14 heavy (non-hydrogen) atoms. The number of carbonyl (C=O) groups is 1. The van der Waals surface area contributed by atoms with Crippen molar-refractivity contribution in [1.29, 1.82) is 0 Å². The van der Waals surface area contributed by atoms with E-state index in [4.69, 9.17) is 11.5 Å². The molecule has 0 bridgehead atoms. The van der Waals surface area contributed by atoms with Crippen LogP contribution in [0.5, 0.6) is 0 Å². The molecule has 3 nitrogen and oxygen atoms in total. The lowest BCUT2D eigenvalue weighted by Gasteiger charge is -2.02. The van der Waals surface area contributed by atoms with Crippen LogP contribution in [0.25, 0.3) is 6.08 Å². The molecule has 0 aliphatic heterocycles. The van der Waals surface area contributed by atoms with Gasteiger partial charge in [0.15, 0.2) is 0 Å². The topological polar surface area (TPSA) is 69.1 Å². The summed E-state index contributed by atoms with van der Waals surface area (Å²) in [6, 6.07) is 5.77. The summed E-state index contributed by atoms with van der Waals surface area (Å²) < 4.78 is 0. The number of para-hydroxylation sites is 1.